The molecule has 5 rings (SSSR count). The van der Waals surface area contributed by atoms with Crippen molar-refractivity contribution >= 4 is 28.8 Å². The highest BCUT2D eigenvalue weighted by Crippen LogP contribution is 2.54. The Morgan fingerprint density at radius 3 is 2.28 bits per heavy atom. The zero-order valence-corrected chi connectivity index (χ0v) is 22.7. The van der Waals surface area contributed by atoms with Gasteiger partial charge in [0.1, 0.15) is 22.8 Å². The number of fused-ring (bicyclic) bond motifs is 3. The van der Waals surface area contributed by atoms with Gasteiger partial charge in [-0.1, -0.05) is 0 Å². The van der Waals surface area contributed by atoms with Crippen LogP contribution < -0.4 is 15.5 Å². The van der Waals surface area contributed by atoms with Gasteiger partial charge in [0.2, 0.25) is 5.78 Å². The average Bonchev–Trinajstić information content (AvgIpc) is 2.86. The number of phenols is 1. The maximum atomic E-state index is 14.1. The molecule has 1 saturated heterocycles. The molecular weight excluding hydrogens is 504 g/mol. The first-order chi connectivity index (χ1) is 18.3. The van der Waals surface area contributed by atoms with Crippen molar-refractivity contribution in [2.45, 2.75) is 43.7 Å². The molecule has 3 aliphatic carbocycles. The Bertz CT molecular complexity index is 1340. The van der Waals surface area contributed by atoms with Gasteiger partial charge in [0.05, 0.1) is 17.3 Å². The number of aliphatic hydroxyl groups excluding tert-OH is 2. The van der Waals surface area contributed by atoms with E-state index in [2.05, 4.69) is 0 Å². The number of carbonyl (C=O) groups excluding carboxylic acids is 3. The van der Waals surface area contributed by atoms with Crippen molar-refractivity contribution in [2.75, 3.05) is 51.1 Å². The molecule has 4 aliphatic rings. The number of allylic oxidation sites excluding steroid dienone is 1. The van der Waals surface area contributed by atoms with E-state index < -0.39 is 58.0 Å². The molecule has 11 heteroatoms. The van der Waals surface area contributed by atoms with Crippen molar-refractivity contribution in [3.63, 3.8) is 0 Å². The fourth-order valence-corrected chi connectivity index (χ4v) is 7.06. The molecule has 4 atom stereocenters. The van der Waals surface area contributed by atoms with Crippen molar-refractivity contribution in [3.8, 4) is 5.75 Å². The summed E-state index contributed by atoms with van der Waals surface area (Å²) >= 11 is 0. The SMILES string of the molecule is CN(C)c1cc(N2CCCCC2)c(O)c2c1C[C@H]1C[C@@H]3[C@H](N(C)C)C(O)=C(C(N)=O)C(=O)[C@@]3(O)C(O)=C1C2=O. The monoisotopic (exact) mass is 540 g/mol. The summed E-state index contributed by atoms with van der Waals surface area (Å²) in [6.07, 6.45) is 3.33. The van der Waals surface area contributed by atoms with Gasteiger partial charge in [0.25, 0.3) is 5.91 Å². The van der Waals surface area contributed by atoms with Crippen molar-refractivity contribution in [2.24, 2.45) is 17.6 Å². The second-order valence-corrected chi connectivity index (χ2v) is 11.5. The number of ketones is 2. The van der Waals surface area contributed by atoms with Crippen LogP contribution in [-0.4, -0.2) is 95.7 Å². The van der Waals surface area contributed by atoms with Gasteiger partial charge in [-0.2, -0.15) is 0 Å². The number of carbonyl (C=O) groups is 3. The van der Waals surface area contributed by atoms with Crippen LogP contribution in [0.4, 0.5) is 11.4 Å². The minimum absolute atomic E-state index is 0.0440. The number of Topliss-reactive ketones (excluding diaryl/α,β-unsaturated/α-hetero) is 2. The Kier molecular flexibility index (Phi) is 6.42. The lowest BCUT2D eigenvalue weighted by molar-refractivity contribution is -0.148. The molecule has 0 saturated carbocycles. The lowest BCUT2D eigenvalue weighted by Crippen LogP contribution is -2.63. The van der Waals surface area contributed by atoms with Crippen molar-refractivity contribution in [3.05, 3.63) is 39.9 Å². The van der Waals surface area contributed by atoms with Crippen LogP contribution in [0, 0.1) is 11.8 Å². The molecule has 210 valence electrons. The van der Waals surface area contributed by atoms with Gasteiger partial charge in [-0.05, 0) is 63.7 Å². The Morgan fingerprint density at radius 2 is 1.72 bits per heavy atom. The number of benzene rings is 1. The minimum Gasteiger partial charge on any atom is -0.510 e. The third kappa shape index (κ3) is 3.74. The number of anilines is 2. The zero-order chi connectivity index (χ0) is 28.5. The number of likely N-dealkylation sites (N-methyl/N-ethyl adjacent to an activating group) is 1. The number of primary amides is 1. The molecule has 6 N–H and O–H groups in total. The van der Waals surface area contributed by atoms with Crippen LogP contribution in [0.15, 0.2) is 28.7 Å². The predicted molar refractivity (Wildman–Crippen MR) is 144 cm³/mol. The predicted octanol–water partition coefficient (Wildman–Crippen LogP) is 1.18. The smallest absolute Gasteiger partial charge is 0.255 e. The molecule has 0 bridgehead atoms. The summed E-state index contributed by atoms with van der Waals surface area (Å²) in [6, 6.07) is 0.875. The van der Waals surface area contributed by atoms with Crippen LogP contribution in [0.3, 0.4) is 0 Å². The van der Waals surface area contributed by atoms with Gasteiger partial charge in [0, 0.05) is 44.4 Å². The normalized spacial score (nSPS) is 28.9. The van der Waals surface area contributed by atoms with E-state index >= 15 is 0 Å². The van der Waals surface area contributed by atoms with Crippen molar-refractivity contribution in [1.29, 1.82) is 0 Å². The summed E-state index contributed by atoms with van der Waals surface area (Å²) in [5, 5.41) is 45.6. The molecule has 1 fully saturated rings. The average molecular weight is 541 g/mol. The van der Waals surface area contributed by atoms with Crippen LogP contribution >= 0.6 is 0 Å². The molecule has 1 aromatic carbocycles. The van der Waals surface area contributed by atoms with Gasteiger partial charge in [0.15, 0.2) is 11.4 Å². The lowest BCUT2D eigenvalue weighted by Gasteiger charge is -2.50. The largest absolute Gasteiger partial charge is 0.510 e. The fourth-order valence-electron chi connectivity index (χ4n) is 7.06. The van der Waals surface area contributed by atoms with E-state index in [1.54, 1.807) is 19.0 Å². The lowest BCUT2D eigenvalue weighted by atomic mass is 9.58. The van der Waals surface area contributed by atoms with Crippen LogP contribution in [0.2, 0.25) is 0 Å². The van der Waals surface area contributed by atoms with Crippen molar-refractivity contribution < 1.29 is 34.8 Å². The molecule has 1 aromatic rings. The number of amides is 1. The number of hydrogen-bond donors (Lipinski definition) is 5. The first kappa shape index (κ1) is 27.0. The Morgan fingerprint density at radius 1 is 1.08 bits per heavy atom. The standard InChI is InChI=1S/C28H36N4O7/c1-30(2)16-12-17(32-8-6-5-7-9-32)22(33)19-14(16)10-13-11-15-21(31(3)4)24(35)20(27(29)38)26(37)28(15,39)25(36)18(13)23(19)34/h12-13,15,21,33,35-36,39H,5-11H2,1-4H3,(H2,29,38)/t13-,15+,21-,28-/m0/s1. The Balaban J connectivity index is 1.72. The van der Waals surface area contributed by atoms with Gasteiger partial charge < -0.3 is 36.0 Å². The number of nitrogens with zero attached hydrogens (tertiary/aromatic N) is 3. The molecule has 11 nitrogen and oxygen atoms in total. The van der Waals surface area contributed by atoms with Crippen LogP contribution in [0.5, 0.6) is 5.75 Å². The van der Waals surface area contributed by atoms with E-state index in [9.17, 15) is 34.8 Å². The van der Waals surface area contributed by atoms with Crippen molar-refractivity contribution in [1.82, 2.24) is 4.90 Å². The van der Waals surface area contributed by atoms with Gasteiger partial charge in [-0.15, -0.1) is 0 Å². The summed E-state index contributed by atoms with van der Waals surface area (Å²) in [6.45, 7) is 1.47. The number of rotatable bonds is 4. The molecule has 0 unspecified atom stereocenters. The molecule has 0 spiro atoms. The third-order valence-corrected chi connectivity index (χ3v) is 8.86. The van der Waals surface area contributed by atoms with Gasteiger partial charge in [-0.25, -0.2) is 0 Å². The minimum atomic E-state index is -2.64. The number of nitrogens with two attached hydrogens (primary N) is 1. The fraction of sp³-hybridized carbons (Fsp3) is 0.536. The summed E-state index contributed by atoms with van der Waals surface area (Å²) in [5.74, 6) is -6.41. The highest BCUT2D eigenvalue weighted by atomic mass is 16.3. The number of aliphatic hydroxyl groups is 3. The Hall–Kier alpha value is -3.57. The van der Waals surface area contributed by atoms with E-state index in [0.29, 0.717) is 11.3 Å². The van der Waals surface area contributed by atoms with E-state index in [4.69, 9.17) is 5.73 Å². The summed E-state index contributed by atoms with van der Waals surface area (Å²) in [7, 11) is 6.93. The number of hydrogen-bond acceptors (Lipinski definition) is 10. The molecule has 0 aromatic heterocycles. The quantitative estimate of drug-likeness (QED) is 0.350. The zero-order valence-electron chi connectivity index (χ0n) is 22.7. The highest BCUT2D eigenvalue weighted by Gasteiger charge is 2.63. The molecule has 1 heterocycles. The molecule has 1 aliphatic heterocycles. The topological polar surface area (TPSA) is 168 Å². The van der Waals surface area contributed by atoms with Crippen LogP contribution in [0.25, 0.3) is 0 Å². The van der Waals surface area contributed by atoms with E-state index in [1.165, 1.54) is 0 Å². The van der Waals surface area contributed by atoms with E-state index in [1.807, 2.05) is 30.0 Å². The molecule has 1 amide bonds. The summed E-state index contributed by atoms with van der Waals surface area (Å²) in [5.41, 5.74) is 3.75. The van der Waals surface area contributed by atoms with Gasteiger partial charge in [-0.3, -0.25) is 19.3 Å². The van der Waals surface area contributed by atoms with Crippen LogP contribution in [0.1, 0.15) is 41.6 Å². The number of aromatic hydroxyl groups is 1. The first-order valence-electron chi connectivity index (χ1n) is 13.3. The molecule has 39 heavy (non-hydrogen) atoms. The van der Waals surface area contributed by atoms with Crippen LogP contribution in [-0.2, 0) is 16.0 Å². The van der Waals surface area contributed by atoms with E-state index in [-0.39, 0.29) is 29.7 Å². The summed E-state index contributed by atoms with van der Waals surface area (Å²) < 4.78 is 0. The first-order valence-corrected chi connectivity index (χ1v) is 13.3. The molecular formula is C28H36N4O7. The second-order valence-electron chi connectivity index (χ2n) is 11.5. The highest BCUT2D eigenvalue weighted by molar-refractivity contribution is 6.25. The van der Waals surface area contributed by atoms with Gasteiger partial charge >= 0.3 is 0 Å². The summed E-state index contributed by atoms with van der Waals surface area (Å²) in [4.78, 5) is 45.2. The van der Waals surface area contributed by atoms with E-state index in [0.717, 1.165) is 38.0 Å². The third-order valence-electron chi connectivity index (χ3n) is 8.86. The number of piperidine rings is 1. The Labute approximate surface area is 226 Å². The maximum Gasteiger partial charge on any atom is 0.255 e. The second kappa shape index (κ2) is 9.27. The molecule has 0 radical (unpaired) electrons. The number of phenolic OH excluding ortho intramolecular Hbond substituents is 1. The maximum absolute atomic E-state index is 14.1.